The van der Waals surface area contributed by atoms with Crippen LogP contribution in [0.3, 0.4) is 0 Å². The Bertz CT molecular complexity index is 1720. The zero-order valence-electron chi connectivity index (χ0n) is 22.5. The van der Waals surface area contributed by atoms with Gasteiger partial charge in [-0.05, 0) is 42.2 Å². The van der Waals surface area contributed by atoms with Gasteiger partial charge in [-0.2, -0.15) is 0 Å². The van der Waals surface area contributed by atoms with Gasteiger partial charge in [-0.3, -0.25) is 24.3 Å². The summed E-state index contributed by atoms with van der Waals surface area (Å²) in [5.41, 5.74) is 0.981. The SMILES string of the molecule is COc1cc([C@H]2C(C(=O)OCC(C)C)=C(C)N=c3s/c(=C\c4cccc([N+](=O)[O-])c4)c(=O)n32)ccc1OC(C)=O. The number of carbonyl (C=O) groups is 2. The minimum Gasteiger partial charge on any atom is -0.493 e. The predicted octanol–water partition coefficient (Wildman–Crippen LogP) is 3.28. The van der Waals surface area contributed by atoms with Crippen molar-refractivity contribution in [2.75, 3.05) is 13.7 Å². The topological polar surface area (TPSA) is 139 Å². The van der Waals surface area contributed by atoms with Crippen LogP contribution in [0.15, 0.2) is 63.5 Å². The molecule has 0 saturated carbocycles. The van der Waals surface area contributed by atoms with Crippen LogP contribution in [0.1, 0.15) is 44.9 Å². The summed E-state index contributed by atoms with van der Waals surface area (Å²) in [6.45, 7) is 6.93. The van der Waals surface area contributed by atoms with E-state index in [0.29, 0.717) is 21.6 Å². The third-order valence-electron chi connectivity index (χ3n) is 5.93. The highest BCUT2D eigenvalue weighted by atomic mass is 32.1. The smallest absolute Gasteiger partial charge is 0.338 e. The molecule has 208 valence electrons. The van der Waals surface area contributed by atoms with Crippen molar-refractivity contribution in [2.45, 2.75) is 33.7 Å². The second-order valence-electron chi connectivity index (χ2n) is 9.43. The van der Waals surface area contributed by atoms with Gasteiger partial charge in [0.1, 0.15) is 0 Å². The number of carbonyl (C=O) groups excluding carboxylic acids is 2. The zero-order chi connectivity index (χ0) is 29.1. The number of aromatic nitrogens is 1. The van der Waals surface area contributed by atoms with Crippen LogP contribution in [0.25, 0.3) is 6.08 Å². The molecule has 1 aliphatic heterocycles. The van der Waals surface area contributed by atoms with Crippen molar-refractivity contribution < 1.29 is 28.7 Å². The van der Waals surface area contributed by atoms with Gasteiger partial charge >= 0.3 is 11.9 Å². The van der Waals surface area contributed by atoms with Crippen LogP contribution in [0.5, 0.6) is 11.5 Å². The van der Waals surface area contributed by atoms with Crippen LogP contribution < -0.4 is 24.4 Å². The molecule has 0 amide bonds. The van der Waals surface area contributed by atoms with Crippen LogP contribution in [-0.4, -0.2) is 35.1 Å². The van der Waals surface area contributed by atoms with E-state index < -0.39 is 28.5 Å². The van der Waals surface area contributed by atoms with Crippen LogP contribution in [0.2, 0.25) is 0 Å². The summed E-state index contributed by atoms with van der Waals surface area (Å²) in [4.78, 5) is 54.3. The molecule has 0 unspecified atom stereocenters. The van der Waals surface area contributed by atoms with E-state index >= 15 is 0 Å². The lowest BCUT2D eigenvalue weighted by Crippen LogP contribution is -2.40. The van der Waals surface area contributed by atoms with Crippen LogP contribution in [0.4, 0.5) is 5.69 Å². The van der Waals surface area contributed by atoms with Crippen LogP contribution in [0, 0.1) is 16.0 Å². The van der Waals surface area contributed by atoms with E-state index in [-0.39, 0.29) is 39.8 Å². The number of nitrogens with zero attached hydrogens (tertiary/aromatic N) is 3. The molecule has 0 aliphatic carbocycles. The summed E-state index contributed by atoms with van der Waals surface area (Å²) in [7, 11) is 1.41. The van der Waals surface area contributed by atoms with Gasteiger partial charge in [-0.1, -0.05) is 43.4 Å². The lowest BCUT2D eigenvalue weighted by atomic mass is 9.95. The van der Waals surface area contributed by atoms with Gasteiger partial charge in [-0.15, -0.1) is 0 Å². The Morgan fingerprint density at radius 3 is 2.60 bits per heavy atom. The Kier molecular flexibility index (Phi) is 8.29. The van der Waals surface area contributed by atoms with E-state index in [9.17, 15) is 24.5 Å². The summed E-state index contributed by atoms with van der Waals surface area (Å²) in [5.74, 6) is -0.648. The number of thiazole rings is 1. The van der Waals surface area contributed by atoms with Crippen LogP contribution >= 0.6 is 11.3 Å². The highest BCUT2D eigenvalue weighted by Gasteiger charge is 2.34. The number of rotatable bonds is 8. The van der Waals surface area contributed by atoms with Crippen molar-refractivity contribution in [2.24, 2.45) is 10.9 Å². The van der Waals surface area contributed by atoms with Gasteiger partial charge in [-0.25, -0.2) is 9.79 Å². The van der Waals surface area contributed by atoms with Gasteiger partial charge in [0.15, 0.2) is 16.3 Å². The van der Waals surface area contributed by atoms with Crippen molar-refractivity contribution in [1.82, 2.24) is 4.57 Å². The molecule has 4 rings (SSSR count). The van der Waals surface area contributed by atoms with Gasteiger partial charge in [0.25, 0.3) is 11.2 Å². The average Bonchev–Trinajstić information content (AvgIpc) is 3.20. The highest BCUT2D eigenvalue weighted by Crippen LogP contribution is 2.36. The third kappa shape index (κ3) is 5.86. The molecular formula is C28H27N3O8S. The van der Waals surface area contributed by atoms with E-state index in [1.165, 1.54) is 42.9 Å². The Balaban J connectivity index is 1.93. The first-order valence-electron chi connectivity index (χ1n) is 12.3. The molecule has 0 spiro atoms. The minimum atomic E-state index is -0.927. The first kappa shape index (κ1) is 28.4. The molecule has 0 bridgehead atoms. The Morgan fingerprint density at radius 1 is 1.20 bits per heavy atom. The summed E-state index contributed by atoms with van der Waals surface area (Å²) in [5, 5.41) is 11.2. The number of ether oxygens (including phenoxy) is 3. The molecule has 11 nitrogen and oxygen atoms in total. The fourth-order valence-electron chi connectivity index (χ4n) is 4.19. The van der Waals surface area contributed by atoms with E-state index in [4.69, 9.17) is 14.2 Å². The molecule has 0 radical (unpaired) electrons. The minimum absolute atomic E-state index is 0.0857. The fraction of sp³-hybridized carbons (Fsp3) is 0.286. The Labute approximate surface area is 232 Å². The van der Waals surface area contributed by atoms with Gasteiger partial charge in [0.2, 0.25) is 0 Å². The molecule has 0 saturated heterocycles. The molecule has 2 heterocycles. The lowest BCUT2D eigenvalue weighted by Gasteiger charge is -2.25. The van der Waals surface area contributed by atoms with E-state index in [2.05, 4.69) is 4.99 Å². The second kappa shape index (κ2) is 11.7. The third-order valence-corrected chi connectivity index (χ3v) is 6.91. The van der Waals surface area contributed by atoms with Gasteiger partial charge in [0.05, 0.1) is 40.5 Å². The average molecular weight is 566 g/mol. The molecule has 0 fully saturated rings. The summed E-state index contributed by atoms with van der Waals surface area (Å²) in [6, 6.07) is 9.75. The summed E-state index contributed by atoms with van der Waals surface area (Å²) < 4.78 is 17.9. The number of methoxy groups -OCH3 is 1. The van der Waals surface area contributed by atoms with E-state index in [1.807, 2.05) is 13.8 Å². The largest absolute Gasteiger partial charge is 0.493 e. The van der Waals surface area contributed by atoms with Crippen molar-refractivity contribution in [1.29, 1.82) is 0 Å². The highest BCUT2D eigenvalue weighted by molar-refractivity contribution is 7.07. The molecular weight excluding hydrogens is 538 g/mol. The maximum absolute atomic E-state index is 13.8. The quantitative estimate of drug-likeness (QED) is 0.176. The number of nitro groups is 1. The summed E-state index contributed by atoms with van der Waals surface area (Å²) >= 11 is 1.10. The van der Waals surface area contributed by atoms with Crippen molar-refractivity contribution >= 4 is 35.0 Å². The van der Waals surface area contributed by atoms with Gasteiger partial charge in [0, 0.05) is 19.1 Å². The Hall–Kier alpha value is -4.58. The number of allylic oxidation sites excluding steroid dienone is 1. The summed E-state index contributed by atoms with van der Waals surface area (Å²) in [6.07, 6.45) is 1.55. The predicted molar refractivity (Wildman–Crippen MR) is 147 cm³/mol. The maximum atomic E-state index is 13.8. The molecule has 12 heteroatoms. The van der Waals surface area contributed by atoms with E-state index in [1.54, 1.807) is 31.2 Å². The lowest BCUT2D eigenvalue weighted by molar-refractivity contribution is -0.384. The number of fused-ring (bicyclic) bond motifs is 1. The second-order valence-corrected chi connectivity index (χ2v) is 10.4. The Morgan fingerprint density at radius 2 is 1.95 bits per heavy atom. The van der Waals surface area contributed by atoms with Crippen LogP contribution in [-0.2, 0) is 14.3 Å². The normalized spacial score (nSPS) is 14.9. The molecule has 3 aromatic rings. The van der Waals surface area contributed by atoms with Gasteiger partial charge < -0.3 is 14.2 Å². The van der Waals surface area contributed by atoms with Crippen molar-refractivity contribution in [3.8, 4) is 11.5 Å². The number of esters is 2. The molecule has 40 heavy (non-hydrogen) atoms. The number of hydrogen-bond acceptors (Lipinski definition) is 10. The number of benzene rings is 2. The zero-order valence-corrected chi connectivity index (χ0v) is 23.3. The van der Waals surface area contributed by atoms with E-state index in [0.717, 1.165) is 11.3 Å². The molecule has 0 N–H and O–H groups in total. The molecule has 1 atom stereocenters. The number of nitro benzene ring substituents is 1. The van der Waals surface area contributed by atoms with Crippen molar-refractivity contribution in [3.63, 3.8) is 0 Å². The van der Waals surface area contributed by atoms with Crippen molar-refractivity contribution in [3.05, 3.63) is 94.7 Å². The maximum Gasteiger partial charge on any atom is 0.338 e. The molecule has 2 aromatic carbocycles. The standard InChI is InChI=1S/C28H27N3O8S/c1-15(2)14-38-27(34)24-16(3)29-28-30(25(24)19-9-10-21(39-17(4)32)22(13-19)37-5)26(33)23(40-28)12-18-7-6-8-20(11-18)31(35)36/h6-13,15,25H,14H2,1-5H3/b23-12-/t25-/m0/s1. The fourth-order valence-corrected chi connectivity index (χ4v) is 5.24. The number of hydrogen-bond donors (Lipinski definition) is 0. The number of non-ortho nitro benzene ring substituents is 1. The first-order chi connectivity index (χ1) is 19.0. The first-order valence-corrected chi connectivity index (χ1v) is 13.1. The molecule has 1 aromatic heterocycles. The monoisotopic (exact) mass is 565 g/mol. The molecule has 1 aliphatic rings.